The van der Waals surface area contributed by atoms with Gasteiger partial charge in [0.05, 0.1) is 18.8 Å². The molecule has 1 aromatic rings. The zero-order valence-electron chi connectivity index (χ0n) is 15.7. The Morgan fingerprint density at radius 3 is 2.80 bits per heavy atom. The first-order valence-corrected chi connectivity index (χ1v) is 9.38. The summed E-state index contributed by atoms with van der Waals surface area (Å²) in [5.74, 6) is 1.03. The summed E-state index contributed by atoms with van der Waals surface area (Å²) in [6.45, 7) is 10.8. The largest absolute Gasteiger partial charge is 0.372 e. The molecule has 6 nitrogen and oxygen atoms in total. The number of carbonyl (C=O) groups is 1. The van der Waals surface area contributed by atoms with Crippen molar-refractivity contribution in [3.05, 3.63) is 23.4 Å². The fourth-order valence-corrected chi connectivity index (χ4v) is 3.54. The number of rotatable bonds is 4. The standard InChI is InChI=1S/C19H30N4O2/c1-4-19(3)14-23(9-10-25-19)18(24)20-13-16-11-15(2)21-17(12-16)22-7-5-6-8-22/h11-12H,4-10,13-14H2,1-3H3,(H,20,24). The predicted molar refractivity (Wildman–Crippen MR) is 98.9 cm³/mol. The van der Waals surface area contributed by atoms with Crippen LogP contribution in [0.15, 0.2) is 12.1 Å². The minimum absolute atomic E-state index is 0.0137. The van der Waals surface area contributed by atoms with Gasteiger partial charge in [-0.15, -0.1) is 0 Å². The summed E-state index contributed by atoms with van der Waals surface area (Å²) < 4.78 is 5.81. The van der Waals surface area contributed by atoms with Crippen molar-refractivity contribution in [2.24, 2.45) is 0 Å². The van der Waals surface area contributed by atoms with Crippen LogP contribution >= 0.6 is 0 Å². The molecule has 0 spiro atoms. The molecule has 0 radical (unpaired) electrons. The number of hydrogen-bond acceptors (Lipinski definition) is 4. The quantitative estimate of drug-likeness (QED) is 0.911. The van der Waals surface area contributed by atoms with Crippen LogP contribution in [-0.2, 0) is 11.3 Å². The lowest BCUT2D eigenvalue weighted by Gasteiger charge is -2.39. The second-order valence-corrected chi connectivity index (χ2v) is 7.40. The molecular formula is C19H30N4O2. The van der Waals surface area contributed by atoms with Crippen molar-refractivity contribution in [2.75, 3.05) is 37.7 Å². The van der Waals surface area contributed by atoms with Crippen molar-refractivity contribution >= 4 is 11.8 Å². The van der Waals surface area contributed by atoms with E-state index in [4.69, 9.17) is 4.74 Å². The Bertz CT molecular complexity index is 615. The van der Waals surface area contributed by atoms with E-state index in [2.05, 4.69) is 41.2 Å². The summed E-state index contributed by atoms with van der Waals surface area (Å²) in [5.41, 5.74) is 1.87. The summed E-state index contributed by atoms with van der Waals surface area (Å²) in [4.78, 5) is 21.4. The molecule has 25 heavy (non-hydrogen) atoms. The van der Waals surface area contributed by atoms with Crippen LogP contribution in [0.3, 0.4) is 0 Å². The summed E-state index contributed by atoms with van der Waals surface area (Å²) in [6, 6.07) is 4.14. The van der Waals surface area contributed by atoms with Gasteiger partial charge in [-0.05, 0) is 50.8 Å². The number of carbonyl (C=O) groups excluding carboxylic acids is 1. The highest BCUT2D eigenvalue weighted by Crippen LogP contribution is 2.22. The molecule has 0 aliphatic carbocycles. The number of aryl methyl sites for hydroxylation is 1. The van der Waals surface area contributed by atoms with Gasteiger partial charge in [-0.3, -0.25) is 0 Å². The van der Waals surface area contributed by atoms with Crippen molar-refractivity contribution in [2.45, 2.75) is 52.2 Å². The van der Waals surface area contributed by atoms with Crippen LogP contribution in [0.4, 0.5) is 10.6 Å². The molecule has 1 unspecified atom stereocenters. The lowest BCUT2D eigenvalue weighted by molar-refractivity contribution is -0.0872. The minimum Gasteiger partial charge on any atom is -0.372 e. The number of pyridine rings is 1. The monoisotopic (exact) mass is 346 g/mol. The predicted octanol–water partition coefficient (Wildman–Crippen LogP) is 2.70. The molecule has 6 heteroatoms. The topological polar surface area (TPSA) is 57.7 Å². The highest BCUT2D eigenvalue weighted by molar-refractivity contribution is 5.74. The van der Waals surface area contributed by atoms with Gasteiger partial charge in [0.15, 0.2) is 0 Å². The molecule has 2 aliphatic heterocycles. The Labute approximate surface area is 150 Å². The van der Waals surface area contributed by atoms with E-state index < -0.39 is 0 Å². The average Bonchev–Trinajstić information content (AvgIpc) is 3.14. The number of hydrogen-bond donors (Lipinski definition) is 1. The van der Waals surface area contributed by atoms with E-state index in [-0.39, 0.29) is 11.6 Å². The van der Waals surface area contributed by atoms with E-state index in [0.29, 0.717) is 26.2 Å². The van der Waals surface area contributed by atoms with Crippen LogP contribution in [0, 0.1) is 6.92 Å². The number of morpholine rings is 1. The van der Waals surface area contributed by atoms with Crippen molar-refractivity contribution < 1.29 is 9.53 Å². The lowest BCUT2D eigenvalue weighted by Crippen LogP contribution is -2.54. The third-order valence-corrected chi connectivity index (χ3v) is 5.25. The minimum atomic E-state index is -0.230. The number of urea groups is 1. The van der Waals surface area contributed by atoms with E-state index in [9.17, 15) is 4.79 Å². The van der Waals surface area contributed by atoms with Crippen LogP contribution in [-0.4, -0.2) is 54.3 Å². The van der Waals surface area contributed by atoms with E-state index in [1.165, 1.54) is 12.8 Å². The van der Waals surface area contributed by atoms with Gasteiger partial charge < -0.3 is 19.9 Å². The van der Waals surface area contributed by atoms with E-state index in [1.807, 2.05) is 11.8 Å². The van der Waals surface area contributed by atoms with Crippen LogP contribution in [0.5, 0.6) is 0 Å². The first-order chi connectivity index (χ1) is 12.0. The molecule has 0 saturated carbocycles. The number of aromatic nitrogens is 1. The van der Waals surface area contributed by atoms with Gasteiger partial charge in [-0.1, -0.05) is 6.92 Å². The molecule has 1 atom stereocenters. The Balaban J connectivity index is 1.60. The molecule has 0 bridgehead atoms. The molecule has 2 amide bonds. The Kier molecular flexibility index (Phi) is 5.47. The SMILES string of the molecule is CCC1(C)CN(C(=O)NCc2cc(C)nc(N3CCCC3)c2)CCO1. The van der Waals surface area contributed by atoms with Gasteiger partial charge in [0.25, 0.3) is 0 Å². The molecule has 138 valence electrons. The van der Waals surface area contributed by atoms with Crippen LogP contribution < -0.4 is 10.2 Å². The fraction of sp³-hybridized carbons (Fsp3) is 0.684. The smallest absolute Gasteiger partial charge is 0.317 e. The molecule has 3 rings (SSSR count). The number of ether oxygens (including phenoxy) is 1. The highest BCUT2D eigenvalue weighted by Gasteiger charge is 2.32. The summed E-state index contributed by atoms with van der Waals surface area (Å²) in [7, 11) is 0. The van der Waals surface area contributed by atoms with Crippen LogP contribution in [0.1, 0.15) is 44.4 Å². The fourth-order valence-electron chi connectivity index (χ4n) is 3.54. The summed E-state index contributed by atoms with van der Waals surface area (Å²) in [6.07, 6.45) is 3.36. The maximum Gasteiger partial charge on any atom is 0.317 e. The first-order valence-electron chi connectivity index (χ1n) is 9.38. The highest BCUT2D eigenvalue weighted by atomic mass is 16.5. The van der Waals surface area contributed by atoms with E-state index in [0.717, 1.165) is 36.6 Å². The molecule has 0 aromatic carbocycles. The molecular weight excluding hydrogens is 316 g/mol. The molecule has 2 fully saturated rings. The van der Waals surface area contributed by atoms with Crippen molar-refractivity contribution in [3.63, 3.8) is 0 Å². The molecule has 1 aromatic heterocycles. The third kappa shape index (κ3) is 4.42. The van der Waals surface area contributed by atoms with Crippen molar-refractivity contribution in [1.82, 2.24) is 15.2 Å². The van der Waals surface area contributed by atoms with Crippen LogP contribution in [0.2, 0.25) is 0 Å². The van der Waals surface area contributed by atoms with Gasteiger partial charge in [0.1, 0.15) is 5.82 Å². The van der Waals surface area contributed by atoms with Gasteiger partial charge >= 0.3 is 6.03 Å². The van der Waals surface area contributed by atoms with Gasteiger partial charge in [-0.2, -0.15) is 0 Å². The second kappa shape index (κ2) is 7.60. The maximum absolute atomic E-state index is 12.5. The lowest BCUT2D eigenvalue weighted by atomic mass is 10.0. The van der Waals surface area contributed by atoms with E-state index >= 15 is 0 Å². The molecule has 1 N–H and O–H groups in total. The zero-order chi connectivity index (χ0) is 17.9. The van der Waals surface area contributed by atoms with Gasteiger partial charge in [-0.25, -0.2) is 9.78 Å². The Hall–Kier alpha value is -1.82. The molecule has 2 saturated heterocycles. The zero-order valence-corrected chi connectivity index (χ0v) is 15.7. The number of nitrogens with zero attached hydrogens (tertiary/aromatic N) is 3. The summed E-state index contributed by atoms with van der Waals surface area (Å²) >= 11 is 0. The summed E-state index contributed by atoms with van der Waals surface area (Å²) in [5, 5.41) is 3.06. The van der Waals surface area contributed by atoms with Crippen molar-refractivity contribution in [1.29, 1.82) is 0 Å². The molecule has 3 heterocycles. The van der Waals surface area contributed by atoms with Gasteiger partial charge in [0.2, 0.25) is 0 Å². The second-order valence-electron chi connectivity index (χ2n) is 7.40. The number of anilines is 1. The molecule has 2 aliphatic rings. The third-order valence-electron chi connectivity index (χ3n) is 5.25. The normalized spacial score (nSPS) is 23.8. The average molecular weight is 346 g/mol. The van der Waals surface area contributed by atoms with Crippen LogP contribution in [0.25, 0.3) is 0 Å². The van der Waals surface area contributed by atoms with E-state index in [1.54, 1.807) is 0 Å². The number of amides is 2. The Morgan fingerprint density at radius 1 is 1.32 bits per heavy atom. The first kappa shape index (κ1) is 18.0. The number of nitrogens with one attached hydrogen (secondary N) is 1. The van der Waals surface area contributed by atoms with Crippen molar-refractivity contribution in [3.8, 4) is 0 Å². The Morgan fingerprint density at radius 2 is 2.08 bits per heavy atom. The van der Waals surface area contributed by atoms with Gasteiger partial charge in [0, 0.05) is 31.9 Å². The maximum atomic E-state index is 12.5.